The maximum Gasteiger partial charge on any atom is 0.194 e. The highest BCUT2D eigenvalue weighted by Crippen LogP contribution is 2.16. The molecule has 0 radical (unpaired) electrons. The van der Waals surface area contributed by atoms with Gasteiger partial charge in [-0.1, -0.05) is 31.2 Å². The molecule has 152 valence electrons. The lowest BCUT2D eigenvalue weighted by atomic mass is 10.00. The molecule has 0 atom stereocenters. The number of nitrogens with one attached hydrogen (secondary N) is 1. The van der Waals surface area contributed by atoms with E-state index in [0.717, 1.165) is 70.9 Å². The van der Waals surface area contributed by atoms with Gasteiger partial charge in [0.25, 0.3) is 0 Å². The van der Waals surface area contributed by atoms with E-state index in [-0.39, 0.29) is 24.0 Å². The van der Waals surface area contributed by atoms with E-state index in [4.69, 9.17) is 9.73 Å². The van der Waals surface area contributed by atoms with Crippen LogP contribution in [0.2, 0.25) is 0 Å². The molecule has 6 heteroatoms. The quantitative estimate of drug-likeness (QED) is 0.394. The third-order valence-corrected chi connectivity index (χ3v) is 5.33. The van der Waals surface area contributed by atoms with Crippen molar-refractivity contribution >= 4 is 29.9 Å². The van der Waals surface area contributed by atoms with Gasteiger partial charge in [-0.2, -0.15) is 0 Å². The average molecular weight is 486 g/mol. The molecule has 0 saturated carbocycles. The summed E-state index contributed by atoms with van der Waals surface area (Å²) in [5, 5.41) is 3.47. The van der Waals surface area contributed by atoms with Crippen molar-refractivity contribution in [1.82, 2.24) is 15.1 Å². The Morgan fingerprint density at radius 2 is 1.85 bits per heavy atom. The molecule has 27 heavy (non-hydrogen) atoms. The van der Waals surface area contributed by atoms with E-state index in [2.05, 4.69) is 53.2 Å². The van der Waals surface area contributed by atoms with E-state index in [9.17, 15) is 0 Å². The van der Waals surface area contributed by atoms with E-state index < -0.39 is 0 Å². The van der Waals surface area contributed by atoms with Crippen LogP contribution in [-0.4, -0.2) is 61.7 Å². The van der Waals surface area contributed by atoms with Crippen molar-refractivity contribution in [3.63, 3.8) is 0 Å². The molecule has 2 heterocycles. The Hall–Kier alpha value is -0.860. The van der Waals surface area contributed by atoms with Crippen molar-refractivity contribution in [1.29, 1.82) is 0 Å². The average Bonchev–Trinajstić information content (AvgIpc) is 2.67. The number of nitrogens with zero attached hydrogens (tertiary/aromatic N) is 3. The minimum atomic E-state index is 0. The van der Waals surface area contributed by atoms with Gasteiger partial charge in [0.15, 0.2) is 5.96 Å². The summed E-state index contributed by atoms with van der Waals surface area (Å²) in [4.78, 5) is 9.80. The van der Waals surface area contributed by atoms with Gasteiger partial charge in [-0.3, -0.25) is 4.90 Å². The zero-order valence-electron chi connectivity index (χ0n) is 16.8. The van der Waals surface area contributed by atoms with Crippen molar-refractivity contribution in [2.45, 2.75) is 39.8 Å². The Labute approximate surface area is 181 Å². The van der Waals surface area contributed by atoms with Crippen molar-refractivity contribution < 1.29 is 4.74 Å². The molecule has 0 spiro atoms. The molecular formula is C21H35IN4O. The molecule has 0 unspecified atom stereocenters. The van der Waals surface area contributed by atoms with Gasteiger partial charge in [0.05, 0.1) is 19.8 Å². The number of hydrogen-bond donors (Lipinski definition) is 1. The second kappa shape index (κ2) is 11.9. The first kappa shape index (κ1) is 22.4. The fourth-order valence-electron chi connectivity index (χ4n) is 3.66. The van der Waals surface area contributed by atoms with Crippen molar-refractivity contribution in [2.75, 3.05) is 45.9 Å². The molecular weight excluding hydrogens is 451 g/mol. The highest BCUT2D eigenvalue weighted by Gasteiger charge is 2.18. The van der Waals surface area contributed by atoms with E-state index in [1.54, 1.807) is 0 Å². The predicted octanol–water partition coefficient (Wildman–Crippen LogP) is 3.33. The van der Waals surface area contributed by atoms with Crippen LogP contribution in [0.4, 0.5) is 0 Å². The molecule has 1 aromatic carbocycles. The summed E-state index contributed by atoms with van der Waals surface area (Å²) in [6.45, 7) is 13.1. The minimum Gasteiger partial charge on any atom is -0.379 e. The standard InChI is InChI=1S/C21H34N4O.HI/c1-3-22-21(25-9-7-18(2)8-10-25)23-16-19-5-4-6-20(15-19)17-24-11-13-26-14-12-24;/h4-6,15,18H,3,7-14,16-17H2,1-2H3,(H,22,23);1H. The lowest BCUT2D eigenvalue weighted by molar-refractivity contribution is 0.0342. The monoisotopic (exact) mass is 486 g/mol. The number of likely N-dealkylation sites (tertiary alicyclic amines) is 1. The lowest BCUT2D eigenvalue weighted by Crippen LogP contribution is -2.45. The second-order valence-electron chi connectivity index (χ2n) is 7.55. The molecule has 0 amide bonds. The van der Waals surface area contributed by atoms with Crippen LogP contribution in [-0.2, 0) is 17.8 Å². The highest BCUT2D eigenvalue weighted by molar-refractivity contribution is 14.0. The normalized spacial score (nSPS) is 19.6. The Morgan fingerprint density at radius 1 is 1.15 bits per heavy atom. The summed E-state index contributed by atoms with van der Waals surface area (Å²) in [7, 11) is 0. The molecule has 0 aromatic heterocycles. The van der Waals surface area contributed by atoms with Crippen LogP contribution in [0.25, 0.3) is 0 Å². The first-order valence-electron chi connectivity index (χ1n) is 10.2. The fourth-order valence-corrected chi connectivity index (χ4v) is 3.66. The van der Waals surface area contributed by atoms with Crippen molar-refractivity contribution in [3.05, 3.63) is 35.4 Å². The number of piperidine rings is 1. The van der Waals surface area contributed by atoms with Crippen molar-refractivity contribution in [2.24, 2.45) is 10.9 Å². The molecule has 2 aliphatic heterocycles. The number of benzene rings is 1. The van der Waals surface area contributed by atoms with Crippen LogP contribution >= 0.6 is 24.0 Å². The Bertz CT molecular complexity index is 581. The van der Waals surface area contributed by atoms with Gasteiger partial charge in [0.2, 0.25) is 0 Å². The van der Waals surface area contributed by atoms with E-state index in [0.29, 0.717) is 0 Å². The number of ether oxygens (including phenoxy) is 1. The number of rotatable bonds is 5. The van der Waals surface area contributed by atoms with Gasteiger partial charge in [-0.25, -0.2) is 4.99 Å². The van der Waals surface area contributed by atoms with Gasteiger partial charge in [0, 0.05) is 39.3 Å². The number of aliphatic imine (C=N–C) groups is 1. The number of hydrogen-bond acceptors (Lipinski definition) is 3. The molecule has 1 N–H and O–H groups in total. The summed E-state index contributed by atoms with van der Waals surface area (Å²) < 4.78 is 5.44. The van der Waals surface area contributed by atoms with E-state index >= 15 is 0 Å². The third-order valence-electron chi connectivity index (χ3n) is 5.33. The highest BCUT2D eigenvalue weighted by atomic mass is 127. The number of guanidine groups is 1. The predicted molar refractivity (Wildman–Crippen MR) is 123 cm³/mol. The molecule has 0 bridgehead atoms. The zero-order chi connectivity index (χ0) is 18.2. The summed E-state index contributed by atoms with van der Waals surface area (Å²) in [6.07, 6.45) is 2.53. The molecule has 3 rings (SSSR count). The lowest BCUT2D eigenvalue weighted by Gasteiger charge is -2.33. The maximum atomic E-state index is 5.44. The molecule has 2 aliphatic rings. The van der Waals surface area contributed by atoms with Gasteiger partial charge in [0.1, 0.15) is 0 Å². The van der Waals surface area contributed by atoms with Crippen LogP contribution < -0.4 is 5.32 Å². The van der Waals surface area contributed by atoms with Crippen LogP contribution in [0.15, 0.2) is 29.3 Å². The van der Waals surface area contributed by atoms with E-state index in [1.807, 2.05) is 0 Å². The number of halogens is 1. The van der Waals surface area contributed by atoms with Crippen LogP contribution in [0, 0.1) is 5.92 Å². The third kappa shape index (κ3) is 7.23. The second-order valence-corrected chi connectivity index (χ2v) is 7.55. The topological polar surface area (TPSA) is 40.1 Å². The molecule has 5 nitrogen and oxygen atoms in total. The molecule has 2 saturated heterocycles. The Balaban J connectivity index is 0.00000261. The summed E-state index contributed by atoms with van der Waals surface area (Å²) in [5.41, 5.74) is 2.66. The zero-order valence-corrected chi connectivity index (χ0v) is 19.2. The largest absolute Gasteiger partial charge is 0.379 e. The smallest absolute Gasteiger partial charge is 0.194 e. The first-order chi connectivity index (χ1) is 12.7. The fraction of sp³-hybridized carbons (Fsp3) is 0.667. The summed E-state index contributed by atoms with van der Waals surface area (Å²) in [6, 6.07) is 8.88. The van der Waals surface area contributed by atoms with Gasteiger partial charge >= 0.3 is 0 Å². The van der Waals surface area contributed by atoms with Gasteiger partial charge in [-0.05, 0) is 36.8 Å². The maximum absolute atomic E-state index is 5.44. The minimum absolute atomic E-state index is 0. The Morgan fingerprint density at radius 3 is 2.56 bits per heavy atom. The van der Waals surface area contributed by atoms with Crippen LogP contribution in [0.5, 0.6) is 0 Å². The van der Waals surface area contributed by atoms with Crippen LogP contribution in [0.3, 0.4) is 0 Å². The molecule has 0 aliphatic carbocycles. The SMILES string of the molecule is CCNC(=NCc1cccc(CN2CCOCC2)c1)N1CCC(C)CC1.I. The molecule has 2 fully saturated rings. The number of morpholine rings is 1. The summed E-state index contributed by atoms with van der Waals surface area (Å²) in [5.74, 6) is 1.91. The van der Waals surface area contributed by atoms with Crippen LogP contribution in [0.1, 0.15) is 37.8 Å². The van der Waals surface area contributed by atoms with Crippen molar-refractivity contribution in [3.8, 4) is 0 Å². The van der Waals surface area contributed by atoms with Gasteiger partial charge in [-0.15, -0.1) is 24.0 Å². The van der Waals surface area contributed by atoms with Gasteiger partial charge < -0.3 is 15.0 Å². The molecule has 1 aromatic rings. The summed E-state index contributed by atoms with van der Waals surface area (Å²) >= 11 is 0. The first-order valence-corrected chi connectivity index (χ1v) is 10.2. The Kier molecular flexibility index (Phi) is 9.86. The van der Waals surface area contributed by atoms with E-state index in [1.165, 1.54) is 24.0 Å².